The third-order valence-corrected chi connectivity index (χ3v) is 1.80. The van der Waals surface area contributed by atoms with Crippen LogP contribution in [-0.2, 0) is 0 Å². The van der Waals surface area contributed by atoms with Crippen LogP contribution in [0.25, 0.3) is 0 Å². The van der Waals surface area contributed by atoms with Gasteiger partial charge in [-0.25, -0.2) is 4.98 Å². The number of nitrogens with two attached hydrogens (primary N) is 1. The topological polar surface area (TPSA) is 50.9 Å². The van der Waals surface area contributed by atoms with Crippen LogP contribution in [-0.4, -0.2) is 18.6 Å². The molecule has 0 radical (unpaired) electrons. The van der Waals surface area contributed by atoms with Crippen molar-refractivity contribution in [3.05, 3.63) is 23.0 Å². The van der Waals surface area contributed by atoms with Crippen LogP contribution in [0.1, 0.15) is 12.1 Å². The molecular formula is C10H12ClN3. The summed E-state index contributed by atoms with van der Waals surface area (Å²) in [7, 11) is 1.89. The lowest BCUT2D eigenvalue weighted by Crippen LogP contribution is -2.06. The number of nitrogens with zero attached hydrogens (tertiary/aromatic N) is 1. The number of aromatic nitrogens is 1. The van der Waals surface area contributed by atoms with Gasteiger partial charge in [0.05, 0.1) is 10.7 Å². The molecule has 4 heteroatoms. The molecule has 0 saturated heterocycles. The summed E-state index contributed by atoms with van der Waals surface area (Å²) < 4.78 is 0. The summed E-state index contributed by atoms with van der Waals surface area (Å²) in [6, 6.07) is 1.65. The summed E-state index contributed by atoms with van der Waals surface area (Å²) in [6.07, 6.45) is 2.32. The van der Waals surface area contributed by atoms with Gasteiger partial charge < -0.3 is 11.1 Å². The summed E-state index contributed by atoms with van der Waals surface area (Å²) in [4.78, 5) is 4.02. The second-order valence-corrected chi connectivity index (χ2v) is 3.18. The molecule has 1 aromatic rings. The Morgan fingerprint density at radius 2 is 2.43 bits per heavy atom. The third-order valence-electron chi connectivity index (χ3n) is 1.59. The zero-order valence-electron chi connectivity index (χ0n) is 7.97. The van der Waals surface area contributed by atoms with Gasteiger partial charge in [0.2, 0.25) is 0 Å². The second-order valence-electron chi connectivity index (χ2n) is 2.75. The zero-order chi connectivity index (χ0) is 10.4. The van der Waals surface area contributed by atoms with Crippen molar-refractivity contribution in [1.82, 2.24) is 10.3 Å². The van der Waals surface area contributed by atoms with Crippen molar-refractivity contribution >= 4 is 17.3 Å². The molecule has 0 fully saturated rings. The van der Waals surface area contributed by atoms with Gasteiger partial charge in [0, 0.05) is 19.2 Å². The van der Waals surface area contributed by atoms with Crippen LogP contribution in [0.4, 0.5) is 5.69 Å². The van der Waals surface area contributed by atoms with E-state index in [0.29, 0.717) is 16.4 Å². The Hall–Kier alpha value is -1.24. The second kappa shape index (κ2) is 5.48. The Kier molecular flexibility index (Phi) is 4.24. The lowest BCUT2D eigenvalue weighted by molar-refractivity contribution is 0.818. The number of hydrogen-bond acceptors (Lipinski definition) is 3. The molecule has 3 N–H and O–H groups in total. The zero-order valence-corrected chi connectivity index (χ0v) is 8.73. The molecule has 0 bridgehead atoms. The molecule has 0 amide bonds. The lowest BCUT2D eigenvalue weighted by atomic mass is 10.3. The van der Waals surface area contributed by atoms with Crippen LogP contribution in [0.5, 0.6) is 0 Å². The molecule has 3 nitrogen and oxygen atoms in total. The van der Waals surface area contributed by atoms with Crippen molar-refractivity contribution in [2.24, 2.45) is 0 Å². The lowest BCUT2D eigenvalue weighted by Gasteiger charge is -1.96. The van der Waals surface area contributed by atoms with Crippen molar-refractivity contribution in [2.75, 3.05) is 19.3 Å². The summed E-state index contributed by atoms with van der Waals surface area (Å²) >= 11 is 5.70. The van der Waals surface area contributed by atoms with Crippen LogP contribution in [0.3, 0.4) is 0 Å². The van der Waals surface area contributed by atoms with Gasteiger partial charge in [-0.15, -0.1) is 0 Å². The molecule has 0 aliphatic rings. The van der Waals surface area contributed by atoms with Crippen LogP contribution in [0, 0.1) is 11.8 Å². The van der Waals surface area contributed by atoms with Crippen LogP contribution in [0.15, 0.2) is 12.3 Å². The number of nitrogens with one attached hydrogen (secondary N) is 1. The van der Waals surface area contributed by atoms with Gasteiger partial charge in [-0.1, -0.05) is 17.5 Å². The number of rotatable bonds is 2. The van der Waals surface area contributed by atoms with Gasteiger partial charge in [0.1, 0.15) is 5.69 Å². The highest BCUT2D eigenvalue weighted by Crippen LogP contribution is 2.13. The van der Waals surface area contributed by atoms with Crippen LogP contribution < -0.4 is 11.1 Å². The molecule has 0 aliphatic heterocycles. The molecule has 1 aromatic heterocycles. The van der Waals surface area contributed by atoms with Crippen molar-refractivity contribution in [3.8, 4) is 11.8 Å². The summed E-state index contributed by atoms with van der Waals surface area (Å²) in [5.74, 6) is 5.86. The first kappa shape index (κ1) is 10.8. The molecule has 0 unspecified atom stereocenters. The molecule has 0 spiro atoms. The number of halogens is 1. The Labute approximate surface area is 88.7 Å². The maximum atomic E-state index is 5.70. The summed E-state index contributed by atoms with van der Waals surface area (Å²) in [5.41, 5.74) is 6.78. The van der Waals surface area contributed by atoms with E-state index in [1.54, 1.807) is 12.3 Å². The first-order chi connectivity index (χ1) is 6.74. The Bertz CT molecular complexity index is 365. The van der Waals surface area contributed by atoms with E-state index >= 15 is 0 Å². The molecule has 1 heterocycles. The monoisotopic (exact) mass is 209 g/mol. The minimum absolute atomic E-state index is 0.523. The Morgan fingerprint density at radius 1 is 1.64 bits per heavy atom. The maximum absolute atomic E-state index is 5.70. The van der Waals surface area contributed by atoms with E-state index in [9.17, 15) is 0 Å². The summed E-state index contributed by atoms with van der Waals surface area (Å²) in [5, 5.41) is 3.53. The number of anilines is 1. The first-order valence-corrected chi connectivity index (χ1v) is 4.66. The minimum Gasteiger partial charge on any atom is -0.396 e. The van der Waals surface area contributed by atoms with Gasteiger partial charge >= 0.3 is 0 Å². The first-order valence-electron chi connectivity index (χ1n) is 4.28. The highest BCUT2D eigenvalue weighted by Gasteiger charge is 1.96. The Morgan fingerprint density at radius 3 is 3.07 bits per heavy atom. The molecule has 0 aliphatic carbocycles. The standard InChI is InChI=1S/C10H12ClN3/c1-13-5-3-2-4-10-9(12)6-8(11)7-14-10/h6-7,13H,3,5,12H2,1H3. The van der Waals surface area contributed by atoms with Crippen molar-refractivity contribution in [1.29, 1.82) is 0 Å². The number of pyridine rings is 1. The number of hydrogen-bond donors (Lipinski definition) is 2. The highest BCUT2D eigenvalue weighted by atomic mass is 35.5. The van der Waals surface area contributed by atoms with Crippen molar-refractivity contribution < 1.29 is 0 Å². The van der Waals surface area contributed by atoms with Crippen LogP contribution in [0.2, 0.25) is 5.02 Å². The molecular weight excluding hydrogens is 198 g/mol. The number of nitrogen functional groups attached to an aromatic ring is 1. The largest absolute Gasteiger partial charge is 0.396 e. The molecule has 0 atom stereocenters. The Balaban J connectivity index is 2.70. The SMILES string of the molecule is CNCCC#Cc1ncc(Cl)cc1N. The van der Waals surface area contributed by atoms with E-state index in [1.165, 1.54) is 0 Å². The van der Waals surface area contributed by atoms with Gasteiger partial charge in [-0.3, -0.25) is 0 Å². The van der Waals surface area contributed by atoms with E-state index in [4.69, 9.17) is 17.3 Å². The average Bonchev–Trinajstić information content (AvgIpc) is 2.15. The van der Waals surface area contributed by atoms with Gasteiger partial charge in [-0.2, -0.15) is 0 Å². The fraction of sp³-hybridized carbons (Fsp3) is 0.300. The average molecular weight is 210 g/mol. The third kappa shape index (κ3) is 3.25. The fourth-order valence-corrected chi connectivity index (χ4v) is 1.06. The smallest absolute Gasteiger partial charge is 0.136 e. The van der Waals surface area contributed by atoms with E-state index in [2.05, 4.69) is 22.1 Å². The highest BCUT2D eigenvalue weighted by molar-refractivity contribution is 6.30. The normalized spacial score (nSPS) is 9.29. The fourth-order valence-electron chi connectivity index (χ4n) is 0.893. The molecule has 1 rings (SSSR count). The predicted molar refractivity (Wildman–Crippen MR) is 59.1 cm³/mol. The maximum Gasteiger partial charge on any atom is 0.136 e. The minimum atomic E-state index is 0.523. The van der Waals surface area contributed by atoms with E-state index < -0.39 is 0 Å². The van der Waals surface area contributed by atoms with E-state index in [0.717, 1.165) is 13.0 Å². The van der Waals surface area contributed by atoms with E-state index in [1.807, 2.05) is 7.05 Å². The molecule has 0 aromatic carbocycles. The summed E-state index contributed by atoms with van der Waals surface area (Å²) in [6.45, 7) is 0.862. The van der Waals surface area contributed by atoms with Crippen molar-refractivity contribution in [3.63, 3.8) is 0 Å². The van der Waals surface area contributed by atoms with E-state index in [-0.39, 0.29) is 0 Å². The van der Waals surface area contributed by atoms with Crippen molar-refractivity contribution in [2.45, 2.75) is 6.42 Å². The van der Waals surface area contributed by atoms with Crippen LogP contribution >= 0.6 is 11.6 Å². The quantitative estimate of drug-likeness (QED) is 0.570. The molecule has 14 heavy (non-hydrogen) atoms. The molecule has 0 saturated carbocycles. The van der Waals surface area contributed by atoms with Gasteiger partial charge in [0.25, 0.3) is 0 Å². The van der Waals surface area contributed by atoms with Gasteiger partial charge in [0.15, 0.2) is 0 Å². The predicted octanol–water partition coefficient (Wildman–Crippen LogP) is 1.28. The molecule has 74 valence electrons. The van der Waals surface area contributed by atoms with Gasteiger partial charge in [-0.05, 0) is 19.0 Å².